The molecular formula is C83H162O17P2. The first-order valence-corrected chi connectivity index (χ1v) is 46.0. The average molecular weight is 1490 g/mol. The number of ether oxygens (including phenoxy) is 4. The molecule has 0 heterocycles. The van der Waals surface area contributed by atoms with Crippen LogP contribution in [0, 0.1) is 11.8 Å². The van der Waals surface area contributed by atoms with E-state index >= 15 is 0 Å². The molecule has 606 valence electrons. The van der Waals surface area contributed by atoms with E-state index in [0.717, 1.165) is 102 Å². The van der Waals surface area contributed by atoms with Crippen LogP contribution in [0.4, 0.5) is 0 Å². The number of hydrogen-bond acceptors (Lipinski definition) is 15. The zero-order valence-corrected chi connectivity index (χ0v) is 68.7. The zero-order chi connectivity index (χ0) is 74.9. The largest absolute Gasteiger partial charge is 0.472 e. The highest BCUT2D eigenvalue weighted by Gasteiger charge is 2.30. The van der Waals surface area contributed by atoms with Crippen LogP contribution >= 0.6 is 15.6 Å². The van der Waals surface area contributed by atoms with Crippen molar-refractivity contribution in [1.29, 1.82) is 0 Å². The normalized spacial score (nSPS) is 14.1. The number of aliphatic hydroxyl groups excluding tert-OH is 1. The van der Waals surface area contributed by atoms with Gasteiger partial charge in [-0.2, -0.15) is 0 Å². The molecule has 0 aromatic heterocycles. The van der Waals surface area contributed by atoms with E-state index in [1.165, 1.54) is 257 Å². The van der Waals surface area contributed by atoms with Crippen LogP contribution in [-0.2, 0) is 65.4 Å². The van der Waals surface area contributed by atoms with Crippen molar-refractivity contribution < 1.29 is 80.2 Å². The lowest BCUT2D eigenvalue weighted by molar-refractivity contribution is -0.161. The van der Waals surface area contributed by atoms with Gasteiger partial charge >= 0.3 is 39.5 Å². The summed E-state index contributed by atoms with van der Waals surface area (Å²) < 4.78 is 68.8. The second kappa shape index (κ2) is 74.5. The van der Waals surface area contributed by atoms with Crippen molar-refractivity contribution in [3.05, 3.63) is 0 Å². The van der Waals surface area contributed by atoms with E-state index in [2.05, 4.69) is 41.5 Å². The van der Waals surface area contributed by atoms with Gasteiger partial charge in [0.25, 0.3) is 0 Å². The molecule has 0 aliphatic heterocycles. The zero-order valence-electron chi connectivity index (χ0n) is 66.9. The number of phosphoric acid groups is 2. The predicted molar refractivity (Wildman–Crippen MR) is 418 cm³/mol. The van der Waals surface area contributed by atoms with Gasteiger partial charge in [0, 0.05) is 25.7 Å². The van der Waals surface area contributed by atoms with Gasteiger partial charge in [-0.3, -0.25) is 37.3 Å². The summed E-state index contributed by atoms with van der Waals surface area (Å²) >= 11 is 0. The van der Waals surface area contributed by atoms with Crippen molar-refractivity contribution in [3.8, 4) is 0 Å². The number of unbranched alkanes of at least 4 members (excludes halogenated alkanes) is 51. The van der Waals surface area contributed by atoms with Crippen LogP contribution in [0.25, 0.3) is 0 Å². The van der Waals surface area contributed by atoms with Crippen molar-refractivity contribution in [3.63, 3.8) is 0 Å². The summed E-state index contributed by atoms with van der Waals surface area (Å²) in [6.07, 6.45) is 65.1. The van der Waals surface area contributed by atoms with Crippen LogP contribution < -0.4 is 0 Å². The van der Waals surface area contributed by atoms with Gasteiger partial charge in [0.1, 0.15) is 19.3 Å². The fourth-order valence-corrected chi connectivity index (χ4v) is 14.4. The molecule has 6 atom stereocenters. The molecule has 0 fully saturated rings. The van der Waals surface area contributed by atoms with Gasteiger partial charge in [-0.05, 0) is 37.5 Å². The van der Waals surface area contributed by atoms with E-state index in [9.17, 15) is 43.2 Å². The third-order valence-electron chi connectivity index (χ3n) is 19.8. The van der Waals surface area contributed by atoms with Crippen molar-refractivity contribution in [2.75, 3.05) is 39.6 Å². The molecular weight excluding hydrogens is 1330 g/mol. The van der Waals surface area contributed by atoms with E-state index in [-0.39, 0.29) is 25.7 Å². The molecule has 17 nitrogen and oxygen atoms in total. The van der Waals surface area contributed by atoms with E-state index in [4.69, 9.17) is 37.0 Å². The van der Waals surface area contributed by atoms with Gasteiger partial charge in [-0.25, -0.2) is 9.13 Å². The van der Waals surface area contributed by atoms with Gasteiger partial charge in [0.05, 0.1) is 26.4 Å². The molecule has 102 heavy (non-hydrogen) atoms. The molecule has 0 aromatic rings. The Morgan fingerprint density at radius 3 is 0.745 bits per heavy atom. The van der Waals surface area contributed by atoms with Gasteiger partial charge in [0.15, 0.2) is 12.2 Å². The first-order chi connectivity index (χ1) is 49.4. The van der Waals surface area contributed by atoms with E-state index in [1.807, 2.05) is 0 Å². The molecule has 0 saturated heterocycles. The molecule has 0 radical (unpaired) electrons. The van der Waals surface area contributed by atoms with Crippen LogP contribution in [0.3, 0.4) is 0 Å². The molecule has 0 aromatic carbocycles. The lowest BCUT2D eigenvalue weighted by Gasteiger charge is -2.21. The summed E-state index contributed by atoms with van der Waals surface area (Å²) in [5.41, 5.74) is 0. The van der Waals surface area contributed by atoms with Gasteiger partial charge in [-0.15, -0.1) is 0 Å². The molecule has 19 heteroatoms. The molecule has 0 saturated carbocycles. The molecule has 0 aliphatic carbocycles. The first kappa shape index (κ1) is 100. The molecule has 3 N–H and O–H groups in total. The fourth-order valence-electron chi connectivity index (χ4n) is 12.9. The maximum Gasteiger partial charge on any atom is 0.472 e. The Balaban J connectivity index is 5.27. The van der Waals surface area contributed by atoms with Gasteiger partial charge in [-0.1, -0.05) is 388 Å². The highest BCUT2D eigenvalue weighted by Crippen LogP contribution is 2.45. The van der Waals surface area contributed by atoms with Gasteiger partial charge < -0.3 is 33.8 Å². The number of rotatable bonds is 82. The lowest BCUT2D eigenvalue weighted by Crippen LogP contribution is -2.30. The predicted octanol–water partition coefficient (Wildman–Crippen LogP) is 25.1. The standard InChI is InChI=1S/C83H162O17P2/c1-7-10-12-14-16-18-20-22-24-25-29-32-36-40-47-53-59-65-80(85)93-71-78(99-82(87)68-62-56-50-42-38-34-30-26-28-31-35-39-45-51-57-63-75(4)5)73-97-101(89,90)95-69-77(84)70-96-102(91,92)98-74-79(72-94-81(86)66-60-54-48-44-43-46-52-58-64-76(6)9-3)100-83(88)67-61-55-49-41-37-33-27-23-21-19-17-15-13-11-8-2/h75-79,84H,7-74H2,1-6H3,(H,89,90)(H,91,92)/t76?,77-,78-,79-/m1/s1. The third-order valence-corrected chi connectivity index (χ3v) is 21.7. The monoisotopic (exact) mass is 1490 g/mol. The quantitative estimate of drug-likeness (QED) is 0.0222. The van der Waals surface area contributed by atoms with Crippen molar-refractivity contribution >= 4 is 39.5 Å². The number of carbonyl (C=O) groups excluding carboxylic acids is 4. The van der Waals surface area contributed by atoms with E-state index in [0.29, 0.717) is 25.7 Å². The van der Waals surface area contributed by atoms with Crippen LogP contribution in [0.2, 0.25) is 0 Å². The molecule has 0 aliphatic rings. The Bertz CT molecular complexity index is 1960. The number of aliphatic hydroxyl groups is 1. The van der Waals surface area contributed by atoms with Crippen LogP contribution in [0.15, 0.2) is 0 Å². The van der Waals surface area contributed by atoms with E-state index < -0.39 is 97.5 Å². The third kappa shape index (κ3) is 74.9. The minimum Gasteiger partial charge on any atom is -0.462 e. The Kier molecular flexibility index (Phi) is 73.1. The highest BCUT2D eigenvalue weighted by atomic mass is 31.2. The number of carbonyl (C=O) groups is 4. The summed E-state index contributed by atoms with van der Waals surface area (Å²) in [5.74, 6) is -0.524. The Hall–Kier alpha value is -1.94. The highest BCUT2D eigenvalue weighted by molar-refractivity contribution is 7.47. The fraction of sp³-hybridized carbons (Fsp3) is 0.952. The average Bonchev–Trinajstić information content (AvgIpc) is 0.908. The van der Waals surface area contributed by atoms with Crippen molar-refractivity contribution in [1.82, 2.24) is 0 Å². The number of phosphoric ester groups is 2. The summed E-state index contributed by atoms with van der Waals surface area (Å²) in [5, 5.41) is 10.7. The summed E-state index contributed by atoms with van der Waals surface area (Å²) in [6, 6.07) is 0. The number of hydrogen-bond donors (Lipinski definition) is 3. The van der Waals surface area contributed by atoms with E-state index in [1.54, 1.807) is 0 Å². The maximum absolute atomic E-state index is 13.1. The van der Waals surface area contributed by atoms with Crippen molar-refractivity contribution in [2.24, 2.45) is 11.8 Å². The van der Waals surface area contributed by atoms with Crippen LogP contribution in [0.1, 0.15) is 440 Å². The molecule has 3 unspecified atom stereocenters. The number of esters is 4. The first-order valence-electron chi connectivity index (χ1n) is 43.0. The second-order valence-electron chi connectivity index (χ2n) is 30.6. The topological polar surface area (TPSA) is 237 Å². The van der Waals surface area contributed by atoms with Gasteiger partial charge in [0.2, 0.25) is 0 Å². The Labute approximate surface area is 626 Å². The minimum atomic E-state index is -4.96. The summed E-state index contributed by atoms with van der Waals surface area (Å²) in [6.45, 7) is 9.69. The smallest absolute Gasteiger partial charge is 0.462 e. The Morgan fingerprint density at radius 1 is 0.284 bits per heavy atom. The molecule has 0 amide bonds. The SMILES string of the molecule is CCCCCCCCCCCCCCCCCCCC(=O)OC[C@H](COP(=O)(O)OC[C@@H](O)COP(=O)(O)OC[C@@H](COC(=O)CCCCCCCCCCC(C)CC)OC(=O)CCCCCCCCCCCCCCCCC)OC(=O)CCCCCCCCCCCCCCCCCC(C)C. The maximum atomic E-state index is 13.1. The lowest BCUT2D eigenvalue weighted by atomic mass is 9.99. The molecule has 0 spiro atoms. The van der Waals surface area contributed by atoms with Crippen molar-refractivity contribution in [2.45, 2.75) is 458 Å². The Morgan fingerprint density at radius 2 is 0.500 bits per heavy atom. The summed E-state index contributed by atoms with van der Waals surface area (Å²) in [4.78, 5) is 73.2. The molecule has 0 bridgehead atoms. The minimum absolute atomic E-state index is 0.108. The van der Waals surface area contributed by atoms with Crippen LogP contribution in [0.5, 0.6) is 0 Å². The van der Waals surface area contributed by atoms with Crippen LogP contribution in [-0.4, -0.2) is 96.7 Å². The molecule has 0 rings (SSSR count). The summed E-state index contributed by atoms with van der Waals surface area (Å²) in [7, 11) is -9.92. The second-order valence-corrected chi connectivity index (χ2v) is 33.5.